The van der Waals surface area contributed by atoms with Gasteiger partial charge in [0.25, 0.3) is 10.0 Å². The maximum Gasteiger partial charge on any atom is 0.262 e. The molecule has 1 aliphatic heterocycles. The van der Waals surface area contributed by atoms with Crippen molar-refractivity contribution in [2.75, 3.05) is 43.0 Å². The summed E-state index contributed by atoms with van der Waals surface area (Å²) in [6.07, 6.45) is 2.95. The van der Waals surface area contributed by atoms with E-state index in [0.29, 0.717) is 36.2 Å². The molecule has 9 heteroatoms. The molecule has 0 bridgehead atoms. The van der Waals surface area contributed by atoms with Gasteiger partial charge in [-0.1, -0.05) is 0 Å². The second kappa shape index (κ2) is 7.46. The van der Waals surface area contributed by atoms with E-state index in [1.807, 2.05) is 4.90 Å². The summed E-state index contributed by atoms with van der Waals surface area (Å²) in [5.74, 6) is 1.22. The zero-order valence-corrected chi connectivity index (χ0v) is 15.8. The van der Waals surface area contributed by atoms with Gasteiger partial charge in [0.05, 0.1) is 43.3 Å². The first-order valence-corrected chi connectivity index (χ1v) is 9.72. The Balaban J connectivity index is 1.80. The number of anilines is 2. The molecule has 1 fully saturated rings. The molecule has 0 unspecified atom stereocenters. The Morgan fingerprint density at radius 3 is 2.38 bits per heavy atom. The minimum absolute atomic E-state index is 0.202. The molecular formula is C17H22N4O4S. The van der Waals surface area contributed by atoms with Crippen molar-refractivity contribution >= 4 is 21.7 Å². The summed E-state index contributed by atoms with van der Waals surface area (Å²) in [6, 6.07) is 3.31. The maximum atomic E-state index is 12.7. The molecule has 1 aliphatic rings. The van der Waals surface area contributed by atoms with Crippen LogP contribution in [0.5, 0.6) is 5.75 Å². The number of benzene rings is 1. The van der Waals surface area contributed by atoms with E-state index in [-0.39, 0.29) is 4.90 Å². The van der Waals surface area contributed by atoms with E-state index in [1.165, 1.54) is 12.4 Å². The Bertz CT molecular complexity index is 878. The number of methoxy groups -OCH3 is 1. The number of nitrogens with zero attached hydrogens (tertiary/aromatic N) is 3. The SMILES string of the molecule is COc1cc(C)c(S(=O)(=O)Nc2cnc(N3CCOCC3)nc2)cc1C. The molecule has 140 valence electrons. The van der Waals surface area contributed by atoms with Crippen LogP contribution in [0, 0.1) is 13.8 Å². The van der Waals surface area contributed by atoms with E-state index in [9.17, 15) is 8.42 Å². The lowest BCUT2D eigenvalue weighted by Gasteiger charge is -2.26. The number of aromatic nitrogens is 2. The molecule has 0 aliphatic carbocycles. The van der Waals surface area contributed by atoms with Gasteiger partial charge in [-0.2, -0.15) is 0 Å². The lowest BCUT2D eigenvalue weighted by Crippen LogP contribution is -2.37. The predicted octanol–water partition coefficient (Wildman–Crippen LogP) is 1.74. The number of hydrogen-bond donors (Lipinski definition) is 1. The standard InChI is InChI=1S/C17H22N4O4S/c1-12-9-16(13(2)8-15(12)24-3)26(22,23)20-14-10-18-17(19-11-14)21-4-6-25-7-5-21/h8-11,20H,4-7H2,1-3H3. The fourth-order valence-corrected chi connectivity index (χ4v) is 4.12. The fraction of sp³-hybridized carbons (Fsp3) is 0.412. The van der Waals surface area contributed by atoms with Gasteiger partial charge in [-0.25, -0.2) is 18.4 Å². The molecule has 8 nitrogen and oxygen atoms in total. The van der Waals surface area contributed by atoms with Crippen LogP contribution in [0.3, 0.4) is 0 Å². The summed E-state index contributed by atoms with van der Waals surface area (Å²) in [5.41, 5.74) is 1.66. The van der Waals surface area contributed by atoms with Gasteiger partial charge < -0.3 is 14.4 Å². The van der Waals surface area contributed by atoms with E-state index < -0.39 is 10.0 Å². The average Bonchev–Trinajstić information content (AvgIpc) is 2.64. The molecule has 2 aromatic rings. The molecular weight excluding hydrogens is 356 g/mol. The smallest absolute Gasteiger partial charge is 0.262 e. The molecule has 1 aromatic carbocycles. The van der Waals surface area contributed by atoms with Crippen LogP contribution in [0.1, 0.15) is 11.1 Å². The molecule has 1 aromatic heterocycles. The zero-order chi connectivity index (χ0) is 18.7. The summed E-state index contributed by atoms with van der Waals surface area (Å²) in [4.78, 5) is 10.7. The van der Waals surface area contributed by atoms with E-state index in [2.05, 4.69) is 14.7 Å². The molecule has 3 rings (SSSR count). The van der Waals surface area contributed by atoms with Crippen LogP contribution >= 0.6 is 0 Å². The molecule has 2 heterocycles. The third kappa shape index (κ3) is 3.88. The number of nitrogens with one attached hydrogen (secondary N) is 1. The number of aryl methyl sites for hydroxylation is 2. The number of ether oxygens (including phenoxy) is 2. The monoisotopic (exact) mass is 378 g/mol. The van der Waals surface area contributed by atoms with Gasteiger partial charge in [0.1, 0.15) is 5.75 Å². The van der Waals surface area contributed by atoms with Crippen molar-refractivity contribution in [1.29, 1.82) is 0 Å². The summed E-state index contributed by atoms with van der Waals surface area (Å²) < 4.78 is 38.5. The van der Waals surface area contributed by atoms with Gasteiger partial charge in [0.15, 0.2) is 0 Å². The van der Waals surface area contributed by atoms with Gasteiger partial charge in [-0.15, -0.1) is 0 Å². The largest absolute Gasteiger partial charge is 0.496 e. The quantitative estimate of drug-likeness (QED) is 0.847. The Labute approximate surface area is 153 Å². The minimum atomic E-state index is -3.75. The Morgan fingerprint density at radius 1 is 1.12 bits per heavy atom. The van der Waals surface area contributed by atoms with Crippen LogP contribution in [0.25, 0.3) is 0 Å². The van der Waals surface area contributed by atoms with Crippen LogP contribution in [0.2, 0.25) is 0 Å². The lowest BCUT2D eigenvalue weighted by molar-refractivity contribution is 0.122. The summed E-state index contributed by atoms with van der Waals surface area (Å²) in [6.45, 7) is 6.23. The van der Waals surface area contributed by atoms with Crippen molar-refractivity contribution in [1.82, 2.24) is 9.97 Å². The first-order valence-electron chi connectivity index (χ1n) is 8.23. The third-order valence-electron chi connectivity index (χ3n) is 4.17. The summed E-state index contributed by atoms with van der Waals surface area (Å²) >= 11 is 0. The Kier molecular flexibility index (Phi) is 5.28. The van der Waals surface area contributed by atoms with Crippen molar-refractivity contribution in [3.63, 3.8) is 0 Å². The molecule has 1 N–H and O–H groups in total. The normalized spacial score (nSPS) is 15.0. The Hall–Kier alpha value is -2.39. The lowest BCUT2D eigenvalue weighted by atomic mass is 10.1. The number of rotatable bonds is 5. The summed E-state index contributed by atoms with van der Waals surface area (Å²) in [5, 5.41) is 0. The molecule has 0 saturated carbocycles. The average molecular weight is 378 g/mol. The fourth-order valence-electron chi connectivity index (χ4n) is 2.78. The molecule has 26 heavy (non-hydrogen) atoms. The van der Waals surface area contributed by atoms with Crippen molar-refractivity contribution < 1.29 is 17.9 Å². The number of sulfonamides is 1. The zero-order valence-electron chi connectivity index (χ0n) is 15.0. The second-order valence-corrected chi connectivity index (χ2v) is 7.71. The third-order valence-corrected chi connectivity index (χ3v) is 5.69. The van der Waals surface area contributed by atoms with Gasteiger partial charge in [0, 0.05) is 13.1 Å². The Morgan fingerprint density at radius 2 is 1.77 bits per heavy atom. The summed E-state index contributed by atoms with van der Waals surface area (Å²) in [7, 11) is -2.19. The van der Waals surface area contributed by atoms with Crippen LogP contribution in [0.15, 0.2) is 29.4 Å². The predicted molar refractivity (Wildman–Crippen MR) is 98.3 cm³/mol. The van der Waals surface area contributed by atoms with E-state index in [0.717, 1.165) is 18.7 Å². The first-order chi connectivity index (χ1) is 12.4. The van der Waals surface area contributed by atoms with Gasteiger partial charge in [-0.3, -0.25) is 4.72 Å². The maximum absolute atomic E-state index is 12.7. The topological polar surface area (TPSA) is 93.7 Å². The highest BCUT2D eigenvalue weighted by Crippen LogP contribution is 2.27. The van der Waals surface area contributed by atoms with Gasteiger partial charge >= 0.3 is 0 Å². The highest BCUT2D eigenvalue weighted by atomic mass is 32.2. The van der Waals surface area contributed by atoms with Crippen LogP contribution in [0.4, 0.5) is 11.6 Å². The van der Waals surface area contributed by atoms with Crippen molar-refractivity contribution in [2.24, 2.45) is 0 Å². The van der Waals surface area contributed by atoms with E-state index in [4.69, 9.17) is 9.47 Å². The molecule has 0 atom stereocenters. The van der Waals surface area contributed by atoms with Crippen LogP contribution in [-0.4, -0.2) is 51.8 Å². The first kappa shape index (κ1) is 18.4. The minimum Gasteiger partial charge on any atom is -0.496 e. The molecule has 0 radical (unpaired) electrons. The van der Waals surface area contributed by atoms with Gasteiger partial charge in [0.2, 0.25) is 5.95 Å². The van der Waals surface area contributed by atoms with Crippen LogP contribution in [-0.2, 0) is 14.8 Å². The van der Waals surface area contributed by atoms with Crippen molar-refractivity contribution in [3.05, 3.63) is 35.7 Å². The van der Waals surface area contributed by atoms with Crippen molar-refractivity contribution in [2.45, 2.75) is 18.7 Å². The molecule has 0 spiro atoms. The van der Waals surface area contributed by atoms with Crippen molar-refractivity contribution in [3.8, 4) is 5.75 Å². The highest BCUT2D eigenvalue weighted by Gasteiger charge is 2.20. The van der Waals surface area contributed by atoms with Gasteiger partial charge in [-0.05, 0) is 37.1 Å². The van der Waals surface area contributed by atoms with E-state index >= 15 is 0 Å². The number of morpholine rings is 1. The molecule has 1 saturated heterocycles. The molecule has 0 amide bonds. The van der Waals surface area contributed by atoms with Crippen LogP contribution < -0.4 is 14.4 Å². The van der Waals surface area contributed by atoms with E-state index in [1.54, 1.807) is 33.1 Å². The number of hydrogen-bond acceptors (Lipinski definition) is 7. The second-order valence-electron chi connectivity index (χ2n) is 6.06. The highest BCUT2D eigenvalue weighted by molar-refractivity contribution is 7.92.